The van der Waals surface area contributed by atoms with Crippen LogP contribution < -0.4 is 0 Å². The highest BCUT2D eigenvalue weighted by atomic mass is 79.9. The fourth-order valence-corrected chi connectivity index (χ4v) is 5.16. The Morgan fingerprint density at radius 1 is 1.29 bits per heavy atom. The highest BCUT2D eigenvalue weighted by Crippen LogP contribution is 2.34. The first-order chi connectivity index (χ1) is 16.0. The van der Waals surface area contributed by atoms with Gasteiger partial charge in [-0.05, 0) is 49.3 Å². The number of benzene rings is 1. The summed E-state index contributed by atoms with van der Waals surface area (Å²) >= 11 is 3.47. The van der Waals surface area contributed by atoms with E-state index in [4.69, 9.17) is 9.72 Å². The lowest BCUT2D eigenvalue weighted by Crippen LogP contribution is -2.50. The molecule has 1 N–H and O–H groups in total. The van der Waals surface area contributed by atoms with E-state index in [-0.39, 0.29) is 17.2 Å². The molecule has 0 spiro atoms. The van der Waals surface area contributed by atoms with Gasteiger partial charge in [0, 0.05) is 55.0 Å². The van der Waals surface area contributed by atoms with Crippen LogP contribution in [0.1, 0.15) is 70.5 Å². The molecule has 2 aromatic rings. The molecule has 1 aliphatic heterocycles. The van der Waals surface area contributed by atoms with E-state index in [2.05, 4.69) is 60.3 Å². The highest BCUT2D eigenvalue weighted by molar-refractivity contribution is 9.10. The average molecular weight is 535 g/mol. The van der Waals surface area contributed by atoms with Crippen LogP contribution in [0.25, 0.3) is 0 Å². The molecule has 188 valence electrons. The summed E-state index contributed by atoms with van der Waals surface area (Å²) in [7, 11) is 1.70. The van der Waals surface area contributed by atoms with Crippen LogP contribution in [0.15, 0.2) is 34.9 Å². The van der Waals surface area contributed by atoms with Gasteiger partial charge in [-0.15, -0.1) is 0 Å². The van der Waals surface area contributed by atoms with E-state index in [1.807, 2.05) is 23.2 Å². The number of halogens is 1. The predicted octanol–water partition coefficient (Wildman–Crippen LogP) is 5.06. The van der Waals surface area contributed by atoms with Crippen LogP contribution in [0, 0.1) is 5.92 Å². The van der Waals surface area contributed by atoms with Gasteiger partial charge in [0.05, 0.1) is 6.54 Å². The number of amides is 1. The molecule has 34 heavy (non-hydrogen) atoms. The van der Waals surface area contributed by atoms with Crippen LogP contribution >= 0.6 is 15.9 Å². The number of β-amino-alcohol motifs (C(OH)–C–C–N with tert-alkyl or cyclic N) is 1. The topological polar surface area (TPSA) is 67.6 Å². The minimum Gasteiger partial charge on any atom is -0.385 e. The first kappa shape index (κ1) is 26.9. The number of aromatic nitrogens is 2. The van der Waals surface area contributed by atoms with E-state index in [0.717, 1.165) is 36.0 Å². The fourth-order valence-electron chi connectivity index (χ4n) is 4.89. The van der Waals surface area contributed by atoms with E-state index in [1.165, 1.54) is 5.56 Å². The molecule has 1 fully saturated rings. The Morgan fingerprint density at radius 3 is 2.65 bits per heavy atom. The van der Waals surface area contributed by atoms with Crippen molar-refractivity contribution in [3.05, 3.63) is 52.0 Å². The first-order valence-corrected chi connectivity index (χ1v) is 13.1. The fraction of sp³-hybridized carbons (Fsp3) is 0.630. The van der Waals surface area contributed by atoms with Crippen molar-refractivity contribution in [1.82, 2.24) is 14.5 Å². The van der Waals surface area contributed by atoms with Crippen molar-refractivity contribution < 1.29 is 14.6 Å². The maximum absolute atomic E-state index is 13.2. The maximum atomic E-state index is 13.2. The Labute approximate surface area is 212 Å². The van der Waals surface area contributed by atoms with Crippen molar-refractivity contribution >= 4 is 21.8 Å². The Kier molecular flexibility index (Phi) is 8.98. The Balaban J connectivity index is 1.72. The zero-order chi connectivity index (χ0) is 24.9. The smallest absolute Gasteiger partial charge is 0.222 e. The number of methoxy groups -OCH3 is 1. The molecule has 1 amide bonds. The van der Waals surface area contributed by atoms with Gasteiger partial charge in [0.2, 0.25) is 5.91 Å². The number of hydrogen-bond acceptors (Lipinski definition) is 4. The van der Waals surface area contributed by atoms with E-state index >= 15 is 0 Å². The van der Waals surface area contributed by atoms with Gasteiger partial charge in [-0.1, -0.05) is 55.8 Å². The molecular formula is C27H40BrN3O3. The molecule has 0 saturated carbocycles. The summed E-state index contributed by atoms with van der Waals surface area (Å²) in [6.07, 6.45) is 5.43. The van der Waals surface area contributed by atoms with Crippen molar-refractivity contribution in [2.45, 2.75) is 77.4 Å². The molecule has 1 aromatic heterocycles. The van der Waals surface area contributed by atoms with Crippen molar-refractivity contribution in [2.24, 2.45) is 5.92 Å². The lowest BCUT2D eigenvalue weighted by molar-refractivity contribution is -0.140. The van der Waals surface area contributed by atoms with Crippen LogP contribution in [0.4, 0.5) is 0 Å². The number of aliphatic hydroxyl groups is 1. The van der Waals surface area contributed by atoms with Crippen molar-refractivity contribution in [2.75, 3.05) is 26.8 Å². The number of piperidine rings is 1. The zero-order valence-corrected chi connectivity index (χ0v) is 22.9. The molecule has 1 unspecified atom stereocenters. The molecule has 6 nitrogen and oxygen atoms in total. The van der Waals surface area contributed by atoms with Crippen LogP contribution in [0.5, 0.6) is 0 Å². The number of ether oxygens (including phenoxy) is 1. The van der Waals surface area contributed by atoms with Crippen LogP contribution in [-0.4, -0.2) is 52.3 Å². The Hall–Kier alpha value is -1.70. The number of rotatable bonds is 9. The van der Waals surface area contributed by atoms with Crippen molar-refractivity contribution in [1.29, 1.82) is 0 Å². The molecule has 1 aliphatic rings. The van der Waals surface area contributed by atoms with E-state index < -0.39 is 5.60 Å². The normalized spacial score (nSPS) is 19.9. The predicted molar refractivity (Wildman–Crippen MR) is 139 cm³/mol. The lowest BCUT2D eigenvalue weighted by Gasteiger charge is -2.39. The molecule has 3 rings (SSSR count). The average Bonchev–Trinajstić information content (AvgIpc) is 3.21. The van der Waals surface area contributed by atoms with Gasteiger partial charge in [0.25, 0.3) is 0 Å². The SMILES string of the molecule is COCCCn1c(C(C)(C)C)cnc1C1(O)CCCN(C(=O)C[C@H](C)Cc2ccc(Br)cc2)C1. The van der Waals surface area contributed by atoms with E-state index in [0.29, 0.717) is 38.4 Å². The van der Waals surface area contributed by atoms with Crippen LogP contribution in [0.2, 0.25) is 0 Å². The summed E-state index contributed by atoms with van der Waals surface area (Å²) in [6, 6.07) is 8.27. The molecular weight excluding hydrogens is 494 g/mol. The standard InChI is InChI=1S/C27H40BrN3O3/c1-20(16-21-8-10-22(28)11-9-21)17-24(32)30-13-6-12-27(33,19-30)25-29-18-23(26(2,3)4)31(25)14-7-15-34-5/h8-11,18,20,33H,6-7,12-17,19H2,1-5H3/t20-,27?/m1/s1. The van der Waals surface area contributed by atoms with Crippen molar-refractivity contribution in [3.8, 4) is 0 Å². The van der Waals surface area contributed by atoms with Gasteiger partial charge >= 0.3 is 0 Å². The van der Waals surface area contributed by atoms with Gasteiger partial charge in [-0.2, -0.15) is 0 Å². The lowest BCUT2D eigenvalue weighted by atomic mass is 9.89. The third kappa shape index (κ3) is 6.70. The molecule has 0 radical (unpaired) electrons. The van der Waals surface area contributed by atoms with Crippen molar-refractivity contribution in [3.63, 3.8) is 0 Å². The molecule has 0 aliphatic carbocycles. The van der Waals surface area contributed by atoms with Gasteiger partial charge in [-0.3, -0.25) is 4.79 Å². The number of nitrogens with zero attached hydrogens (tertiary/aromatic N) is 3. The molecule has 0 bridgehead atoms. The molecule has 1 aromatic carbocycles. The van der Waals surface area contributed by atoms with E-state index in [9.17, 15) is 9.90 Å². The van der Waals surface area contributed by atoms with E-state index in [1.54, 1.807) is 7.11 Å². The van der Waals surface area contributed by atoms with Gasteiger partial charge in [-0.25, -0.2) is 4.98 Å². The second-order valence-corrected chi connectivity index (χ2v) is 11.7. The number of carbonyl (C=O) groups excluding carboxylic acids is 1. The summed E-state index contributed by atoms with van der Waals surface area (Å²) in [5.41, 5.74) is 1.09. The number of hydrogen-bond donors (Lipinski definition) is 1. The Morgan fingerprint density at radius 2 is 2.00 bits per heavy atom. The van der Waals surface area contributed by atoms with Gasteiger partial charge < -0.3 is 19.3 Å². The second-order valence-electron chi connectivity index (χ2n) is 10.8. The first-order valence-electron chi connectivity index (χ1n) is 12.3. The summed E-state index contributed by atoms with van der Waals surface area (Å²) in [5, 5.41) is 11.8. The summed E-state index contributed by atoms with van der Waals surface area (Å²) < 4.78 is 8.47. The zero-order valence-electron chi connectivity index (χ0n) is 21.3. The quantitative estimate of drug-likeness (QED) is 0.457. The Bertz CT molecular complexity index is 951. The summed E-state index contributed by atoms with van der Waals surface area (Å²) in [5.74, 6) is 1.01. The van der Waals surface area contributed by atoms with Gasteiger partial charge in [0.1, 0.15) is 11.4 Å². The van der Waals surface area contributed by atoms with Gasteiger partial charge in [0.15, 0.2) is 0 Å². The minimum absolute atomic E-state index is 0.0959. The third-order valence-corrected chi connectivity index (χ3v) is 7.14. The largest absolute Gasteiger partial charge is 0.385 e. The molecule has 2 atom stereocenters. The highest BCUT2D eigenvalue weighted by Gasteiger charge is 2.41. The molecule has 1 saturated heterocycles. The minimum atomic E-state index is -1.14. The molecule has 7 heteroatoms. The third-order valence-electron chi connectivity index (χ3n) is 6.61. The second kappa shape index (κ2) is 11.4. The van der Waals surface area contributed by atoms with Crippen LogP contribution in [-0.2, 0) is 33.5 Å². The number of carbonyl (C=O) groups is 1. The number of imidazole rings is 1. The summed E-state index contributed by atoms with van der Waals surface area (Å²) in [6.45, 7) is 11.0. The number of likely N-dealkylation sites (tertiary alicyclic amines) is 1. The monoisotopic (exact) mass is 533 g/mol. The van der Waals surface area contributed by atoms with Crippen LogP contribution in [0.3, 0.4) is 0 Å². The summed E-state index contributed by atoms with van der Waals surface area (Å²) in [4.78, 5) is 19.7. The maximum Gasteiger partial charge on any atom is 0.222 e. The molecule has 2 heterocycles.